The molecule has 1 fully saturated rings. The lowest BCUT2D eigenvalue weighted by atomic mass is 9.77. The maximum atomic E-state index is 5.86. The molecule has 0 aliphatic heterocycles. The predicted octanol–water partition coefficient (Wildman–Crippen LogP) is 1.98. The molecular formula is C13H21N3. The summed E-state index contributed by atoms with van der Waals surface area (Å²) < 4.78 is 0. The second-order valence-corrected chi connectivity index (χ2v) is 4.85. The van der Waals surface area contributed by atoms with Gasteiger partial charge in [0.25, 0.3) is 0 Å². The largest absolute Gasteiger partial charge is 0.255 e. The van der Waals surface area contributed by atoms with Crippen molar-refractivity contribution < 1.29 is 0 Å². The number of hydrogen-bond donors (Lipinski definition) is 2. The molecule has 0 bridgehead atoms. The Balaban J connectivity index is 2.14. The van der Waals surface area contributed by atoms with E-state index < -0.39 is 0 Å². The standard InChI is InChI=1S/C13H21N3/c14-16(15)13(9-5-2-6-10-13)11-12-7-3-1-4-8-12/h1,3-4,7-8H,2,5-6,9-11,14-15H2. The van der Waals surface area contributed by atoms with E-state index in [4.69, 9.17) is 11.7 Å². The molecule has 88 valence electrons. The summed E-state index contributed by atoms with van der Waals surface area (Å²) in [6.45, 7) is 0. The van der Waals surface area contributed by atoms with Gasteiger partial charge in [-0.25, -0.2) is 0 Å². The molecule has 0 spiro atoms. The third kappa shape index (κ3) is 2.43. The van der Waals surface area contributed by atoms with Gasteiger partial charge in [0.1, 0.15) is 0 Å². The second kappa shape index (κ2) is 4.95. The van der Waals surface area contributed by atoms with Crippen molar-refractivity contribution in [3.63, 3.8) is 0 Å². The minimum Gasteiger partial charge on any atom is -0.255 e. The number of nitrogens with zero attached hydrogens (tertiary/aromatic N) is 1. The molecule has 0 radical (unpaired) electrons. The fraction of sp³-hybridized carbons (Fsp3) is 0.538. The molecule has 0 heterocycles. The van der Waals surface area contributed by atoms with Crippen LogP contribution in [0.1, 0.15) is 37.7 Å². The van der Waals surface area contributed by atoms with Crippen LogP contribution in [0, 0.1) is 0 Å². The van der Waals surface area contributed by atoms with E-state index in [0.717, 1.165) is 19.3 Å². The summed E-state index contributed by atoms with van der Waals surface area (Å²) in [7, 11) is 0. The Bertz CT molecular complexity index is 315. The van der Waals surface area contributed by atoms with Gasteiger partial charge in [0.15, 0.2) is 0 Å². The third-order valence-electron chi connectivity index (χ3n) is 3.71. The van der Waals surface area contributed by atoms with E-state index in [1.807, 2.05) is 6.07 Å². The van der Waals surface area contributed by atoms with E-state index in [2.05, 4.69) is 24.3 Å². The lowest BCUT2D eigenvalue weighted by Gasteiger charge is -2.41. The molecule has 0 amide bonds. The van der Waals surface area contributed by atoms with Gasteiger partial charge in [-0.15, -0.1) is 0 Å². The molecule has 4 N–H and O–H groups in total. The normalized spacial score (nSPS) is 19.9. The number of hydrogen-bond acceptors (Lipinski definition) is 3. The molecular weight excluding hydrogens is 198 g/mol. The molecule has 1 aromatic carbocycles. The lowest BCUT2D eigenvalue weighted by molar-refractivity contribution is 0.0489. The maximum Gasteiger partial charge on any atom is 0.0545 e. The first-order valence-electron chi connectivity index (χ1n) is 6.06. The van der Waals surface area contributed by atoms with Crippen molar-refractivity contribution >= 4 is 0 Å². The fourth-order valence-corrected chi connectivity index (χ4v) is 2.71. The Morgan fingerprint density at radius 2 is 1.62 bits per heavy atom. The number of rotatable bonds is 3. The van der Waals surface area contributed by atoms with Crippen LogP contribution in [0.2, 0.25) is 0 Å². The van der Waals surface area contributed by atoms with E-state index in [1.165, 1.54) is 29.9 Å². The van der Waals surface area contributed by atoms with E-state index >= 15 is 0 Å². The van der Waals surface area contributed by atoms with Crippen molar-refractivity contribution in [3.8, 4) is 0 Å². The first kappa shape index (κ1) is 11.6. The molecule has 16 heavy (non-hydrogen) atoms. The van der Waals surface area contributed by atoms with Crippen LogP contribution in [-0.4, -0.2) is 10.7 Å². The molecule has 0 unspecified atom stereocenters. The van der Waals surface area contributed by atoms with Gasteiger partial charge >= 0.3 is 0 Å². The highest BCUT2D eigenvalue weighted by Crippen LogP contribution is 2.33. The fourth-order valence-electron chi connectivity index (χ4n) is 2.71. The van der Waals surface area contributed by atoms with Crippen LogP contribution < -0.4 is 11.7 Å². The van der Waals surface area contributed by atoms with E-state index in [1.54, 1.807) is 0 Å². The Morgan fingerprint density at radius 1 is 1.00 bits per heavy atom. The third-order valence-corrected chi connectivity index (χ3v) is 3.71. The monoisotopic (exact) mass is 219 g/mol. The predicted molar refractivity (Wildman–Crippen MR) is 66.2 cm³/mol. The molecule has 2 rings (SSSR count). The lowest BCUT2D eigenvalue weighted by Crippen LogP contribution is -2.59. The first-order chi connectivity index (χ1) is 7.73. The molecule has 3 nitrogen and oxygen atoms in total. The molecule has 1 saturated carbocycles. The van der Waals surface area contributed by atoms with Crippen molar-refractivity contribution in [2.75, 3.05) is 0 Å². The zero-order valence-electron chi connectivity index (χ0n) is 9.73. The van der Waals surface area contributed by atoms with Crippen LogP contribution in [-0.2, 0) is 6.42 Å². The smallest absolute Gasteiger partial charge is 0.0545 e. The van der Waals surface area contributed by atoms with Crippen LogP contribution in [0.4, 0.5) is 0 Å². The second-order valence-electron chi connectivity index (χ2n) is 4.85. The zero-order chi connectivity index (χ0) is 11.4. The van der Waals surface area contributed by atoms with Crippen LogP contribution >= 0.6 is 0 Å². The summed E-state index contributed by atoms with van der Waals surface area (Å²) in [5.74, 6) is 11.7. The number of nitrogens with two attached hydrogens (primary N) is 2. The van der Waals surface area contributed by atoms with Crippen molar-refractivity contribution in [1.82, 2.24) is 5.12 Å². The number of hydrazine groups is 2. The van der Waals surface area contributed by atoms with Crippen LogP contribution in [0.25, 0.3) is 0 Å². The van der Waals surface area contributed by atoms with Crippen molar-refractivity contribution in [3.05, 3.63) is 35.9 Å². The Labute approximate surface area is 97.4 Å². The SMILES string of the molecule is NN(N)C1(Cc2ccccc2)CCCCC1. The molecule has 0 aromatic heterocycles. The highest BCUT2D eigenvalue weighted by molar-refractivity contribution is 5.18. The molecule has 3 heteroatoms. The average molecular weight is 219 g/mol. The summed E-state index contributed by atoms with van der Waals surface area (Å²) >= 11 is 0. The summed E-state index contributed by atoms with van der Waals surface area (Å²) in [4.78, 5) is 0. The summed E-state index contributed by atoms with van der Waals surface area (Å²) in [5, 5.41) is 1.46. The quantitative estimate of drug-likeness (QED) is 0.603. The molecule has 1 aromatic rings. The Morgan fingerprint density at radius 3 is 2.19 bits per heavy atom. The average Bonchev–Trinajstić information content (AvgIpc) is 2.31. The van der Waals surface area contributed by atoms with Gasteiger partial charge in [-0.1, -0.05) is 49.6 Å². The Kier molecular flexibility index (Phi) is 3.59. The van der Waals surface area contributed by atoms with Gasteiger partial charge < -0.3 is 0 Å². The van der Waals surface area contributed by atoms with Crippen molar-refractivity contribution in [2.24, 2.45) is 11.7 Å². The van der Waals surface area contributed by atoms with E-state index in [0.29, 0.717) is 0 Å². The van der Waals surface area contributed by atoms with Gasteiger partial charge in [-0.2, -0.15) is 5.12 Å². The van der Waals surface area contributed by atoms with Gasteiger partial charge in [0.05, 0.1) is 5.54 Å². The van der Waals surface area contributed by atoms with Crippen LogP contribution in [0.15, 0.2) is 30.3 Å². The first-order valence-corrected chi connectivity index (χ1v) is 6.06. The van der Waals surface area contributed by atoms with Crippen molar-refractivity contribution in [2.45, 2.75) is 44.1 Å². The minimum absolute atomic E-state index is 0.0282. The Hall–Kier alpha value is -0.900. The van der Waals surface area contributed by atoms with E-state index in [9.17, 15) is 0 Å². The summed E-state index contributed by atoms with van der Waals surface area (Å²) in [6, 6.07) is 10.5. The zero-order valence-corrected chi connectivity index (χ0v) is 9.73. The summed E-state index contributed by atoms with van der Waals surface area (Å²) in [6.07, 6.45) is 6.95. The highest BCUT2D eigenvalue weighted by atomic mass is 15.6. The topological polar surface area (TPSA) is 55.3 Å². The molecule has 0 saturated heterocycles. The minimum atomic E-state index is -0.0282. The van der Waals surface area contributed by atoms with Crippen LogP contribution in [0.5, 0.6) is 0 Å². The van der Waals surface area contributed by atoms with Gasteiger partial charge in [0, 0.05) is 0 Å². The van der Waals surface area contributed by atoms with Gasteiger partial charge in [-0.05, 0) is 24.8 Å². The van der Waals surface area contributed by atoms with Crippen molar-refractivity contribution in [1.29, 1.82) is 0 Å². The molecule has 1 aliphatic carbocycles. The van der Waals surface area contributed by atoms with E-state index in [-0.39, 0.29) is 5.54 Å². The van der Waals surface area contributed by atoms with Crippen LogP contribution in [0.3, 0.4) is 0 Å². The van der Waals surface area contributed by atoms with Gasteiger partial charge in [0.2, 0.25) is 0 Å². The van der Waals surface area contributed by atoms with Gasteiger partial charge in [-0.3, -0.25) is 11.7 Å². The highest BCUT2D eigenvalue weighted by Gasteiger charge is 2.35. The number of benzene rings is 1. The summed E-state index contributed by atoms with van der Waals surface area (Å²) in [5.41, 5.74) is 1.30. The maximum absolute atomic E-state index is 5.86. The molecule has 0 atom stereocenters. The molecule has 1 aliphatic rings.